The lowest BCUT2D eigenvalue weighted by Gasteiger charge is -2.08. The third-order valence-corrected chi connectivity index (χ3v) is 3.76. The molecule has 1 fully saturated rings. The quantitative estimate of drug-likeness (QED) is 0.674. The van der Waals surface area contributed by atoms with E-state index in [0.717, 1.165) is 10.0 Å². The zero-order valence-electron chi connectivity index (χ0n) is 11.2. The van der Waals surface area contributed by atoms with Crippen molar-refractivity contribution in [3.63, 3.8) is 0 Å². The molecule has 1 N–H and O–H groups in total. The molecule has 0 aliphatic carbocycles. The van der Waals surface area contributed by atoms with Gasteiger partial charge in [0, 0.05) is 23.0 Å². The molecule has 1 aliphatic heterocycles. The fourth-order valence-corrected chi connectivity index (χ4v) is 2.39. The van der Waals surface area contributed by atoms with Gasteiger partial charge in [0.25, 0.3) is 0 Å². The lowest BCUT2D eigenvalue weighted by Crippen LogP contribution is -2.31. The van der Waals surface area contributed by atoms with Crippen LogP contribution in [0.25, 0.3) is 0 Å². The highest BCUT2D eigenvalue weighted by atomic mass is 79.9. The summed E-state index contributed by atoms with van der Waals surface area (Å²) in [6.45, 7) is 0.998. The number of carbonyl (C=O) groups excluding carboxylic acids is 1. The molecule has 1 heterocycles. The van der Waals surface area contributed by atoms with Crippen molar-refractivity contribution in [3.05, 3.63) is 34.3 Å². The predicted octanol–water partition coefficient (Wildman–Crippen LogP) is 1.72. The lowest BCUT2D eigenvalue weighted by atomic mass is 10.2. The number of benzene rings is 1. The van der Waals surface area contributed by atoms with Crippen molar-refractivity contribution < 1.29 is 14.3 Å². The van der Waals surface area contributed by atoms with Crippen LogP contribution in [0.4, 0.5) is 0 Å². The standard InChI is InChI=1S/C15H16BrNO3/c1-19-15(18)14-9-12(10-17-14)20-8-4-6-11-5-2-3-7-13(11)16/h2-3,5,7,12,14,17H,8-10H2,1H3/t12-,14+/m1/s1. The van der Waals surface area contributed by atoms with Crippen LogP contribution in [0, 0.1) is 11.8 Å². The van der Waals surface area contributed by atoms with Crippen LogP contribution in [-0.2, 0) is 14.3 Å². The van der Waals surface area contributed by atoms with Gasteiger partial charge < -0.3 is 14.8 Å². The Morgan fingerprint density at radius 1 is 1.50 bits per heavy atom. The van der Waals surface area contributed by atoms with E-state index in [-0.39, 0.29) is 18.1 Å². The summed E-state index contributed by atoms with van der Waals surface area (Å²) in [6.07, 6.45) is 0.635. The molecule has 0 unspecified atom stereocenters. The van der Waals surface area contributed by atoms with Crippen LogP contribution in [0.2, 0.25) is 0 Å². The molecule has 4 nitrogen and oxygen atoms in total. The zero-order chi connectivity index (χ0) is 14.4. The van der Waals surface area contributed by atoms with Crippen molar-refractivity contribution in [2.24, 2.45) is 0 Å². The first kappa shape index (κ1) is 15.0. The van der Waals surface area contributed by atoms with Crippen LogP contribution in [0.5, 0.6) is 0 Å². The molecule has 0 radical (unpaired) electrons. The highest BCUT2D eigenvalue weighted by Gasteiger charge is 2.30. The lowest BCUT2D eigenvalue weighted by molar-refractivity contribution is -0.142. The third-order valence-electron chi connectivity index (χ3n) is 3.06. The largest absolute Gasteiger partial charge is 0.468 e. The Balaban J connectivity index is 1.78. The molecular formula is C15H16BrNO3. The first-order chi connectivity index (χ1) is 9.70. The number of hydrogen-bond donors (Lipinski definition) is 1. The van der Waals surface area contributed by atoms with Crippen molar-refractivity contribution in [2.75, 3.05) is 20.3 Å². The summed E-state index contributed by atoms with van der Waals surface area (Å²) >= 11 is 3.44. The summed E-state index contributed by atoms with van der Waals surface area (Å²) in [5.74, 6) is 5.79. The van der Waals surface area contributed by atoms with Crippen LogP contribution >= 0.6 is 15.9 Å². The van der Waals surface area contributed by atoms with Gasteiger partial charge in [0.15, 0.2) is 0 Å². The van der Waals surface area contributed by atoms with Gasteiger partial charge in [-0.1, -0.05) is 24.0 Å². The second-order valence-electron chi connectivity index (χ2n) is 4.43. The molecule has 1 aliphatic rings. The number of hydrogen-bond acceptors (Lipinski definition) is 4. The number of nitrogens with one attached hydrogen (secondary N) is 1. The van der Waals surface area contributed by atoms with Gasteiger partial charge in [0.2, 0.25) is 0 Å². The summed E-state index contributed by atoms with van der Waals surface area (Å²) in [4.78, 5) is 11.3. The number of methoxy groups -OCH3 is 1. The van der Waals surface area contributed by atoms with Crippen LogP contribution in [-0.4, -0.2) is 38.4 Å². The molecule has 0 bridgehead atoms. The summed E-state index contributed by atoms with van der Waals surface area (Å²) in [5.41, 5.74) is 0.938. The zero-order valence-corrected chi connectivity index (χ0v) is 12.8. The van der Waals surface area contributed by atoms with Crippen LogP contribution in [0.15, 0.2) is 28.7 Å². The maximum Gasteiger partial charge on any atom is 0.322 e. The minimum absolute atomic E-state index is 0.00705. The van der Waals surface area contributed by atoms with E-state index in [0.29, 0.717) is 19.6 Å². The Morgan fingerprint density at radius 2 is 2.30 bits per heavy atom. The summed E-state index contributed by atoms with van der Waals surface area (Å²) in [5, 5.41) is 3.07. The molecule has 2 rings (SSSR count). The molecule has 106 valence electrons. The Morgan fingerprint density at radius 3 is 3.05 bits per heavy atom. The van der Waals surface area contributed by atoms with E-state index >= 15 is 0 Å². The Bertz CT molecular complexity index is 535. The average molecular weight is 338 g/mol. The smallest absolute Gasteiger partial charge is 0.322 e. The Hall–Kier alpha value is -1.35. The Kier molecular flexibility index (Phi) is 5.60. The topological polar surface area (TPSA) is 47.6 Å². The van der Waals surface area contributed by atoms with E-state index in [4.69, 9.17) is 4.74 Å². The molecule has 0 saturated carbocycles. The van der Waals surface area contributed by atoms with E-state index in [1.54, 1.807) is 0 Å². The number of carbonyl (C=O) groups is 1. The first-order valence-electron chi connectivity index (χ1n) is 6.37. The summed E-state index contributed by atoms with van der Waals surface area (Å²) in [6, 6.07) is 7.52. The van der Waals surface area contributed by atoms with Crippen LogP contribution < -0.4 is 5.32 Å². The molecule has 0 amide bonds. The number of rotatable bonds is 3. The van der Waals surface area contributed by atoms with E-state index in [2.05, 4.69) is 37.8 Å². The highest BCUT2D eigenvalue weighted by molar-refractivity contribution is 9.10. The first-order valence-corrected chi connectivity index (χ1v) is 7.16. The third kappa shape index (κ3) is 4.07. The number of halogens is 1. The van der Waals surface area contributed by atoms with Gasteiger partial charge in [-0.05, 0) is 28.1 Å². The van der Waals surface area contributed by atoms with Gasteiger partial charge in [-0.15, -0.1) is 0 Å². The monoisotopic (exact) mass is 337 g/mol. The molecular weight excluding hydrogens is 322 g/mol. The maximum atomic E-state index is 11.3. The predicted molar refractivity (Wildman–Crippen MR) is 79.2 cm³/mol. The van der Waals surface area contributed by atoms with Gasteiger partial charge in [0.05, 0.1) is 13.2 Å². The van der Waals surface area contributed by atoms with Crippen molar-refractivity contribution in [3.8, 4) is 11.8 Å². The SMILES string of the molecule is COC(=O)[C@@H]1C[C@@H](OCC#Cc2ccccc2Br)CN1. The van der Waals surface area contributed by atoms with Gasteiger partial charge in [-0.25, -0.2) is 0 Å². The normalized spacial score (nSPS) is 21.1. The molecule has 0 spiro atoms. The van der Waals surface area contributed by atoms with E-state index in [9.17, 15) is 4.79 Å². The fraction of sp³-hybridized carbons (Fsp3) is 0.400. The summed E-state index contributed by atoms with van der Waals surface area (Å²) in [7, 11) is 1.39. The van der Waals surface area contributed by atoms with Crippen LogP contribution in [0.1, 0.15) is 12.0 Å². The molecule has 1 saturated heterocycles. The van der Waals surface area contributed by atoms with Gasteiger partial charge in [-0.3, -0.25) is 4.79 Å². The van der Waals surface area contributed by atoms with Crippen molar-refractivity contribution in [1.82, 2.24) is 5.32 Å². The molecule has 1 aromatic rings. The van der Waals surface area contributed by atoms with Crippen molar-refractivity contribution >= 4 is 21.9 Å². The minimum atomic E-state index is -0.263. The van der Waals surface area contributed by atoms with Gasteiger partial charge in [-0.2, -0.15) is 0 Å². The van der Waals surface area contributed by atoms with Gasteiger partial charge in [0.1, 0.15) is 12.6 Å². The number of esters is 1. The van der Waals surface area contributed by atoms with Gasteiger partial charge >= 0.3 is 5.97 Å². The fourth-order valence-electron chi connectivity index (χ4n) is 2.01. The Labute approximate surface area is 127 Å². The second kappa shape index (κ2) is 7.44. The van der Waals surface area contributed by atoms with E-state index in [1.165, 1.54) is 7.11 Å². The molecule has 0 aromatic heterocycles. The minimum Gasteiger partial charge on any atom is -0.468 e. The van der Waals surface area contributed by atoms with Crippen LogP contribution in [0.3, 0.4) is 0 Å². The molecule has 5 heteroatoms. The second-order valence-corrected chi connectivity index (χ2v) is 5.29. The molecule has 1 aromatic carbocycles. The van der Waals surface area contributed by atoms with E-state index in [1.807, 2.05) is 24.3 Å². The maximum absolute atomic E-state index is 11.3. The number of ether oxygens (including phenoxy) is 2. The highest BCUT2D eigenvalue weighted by Crippen LogP contribution is 2.14. The average Bonchev–Trinajstić information content (AvgIpc) is 2.93. The van der Waals surface area contributed by atoms with E-state index < -0.39 is 0 Å². The van der Waals surface area contributed by atoms with Crippen molar-refractivity contribution in [2.45, 2.75) is 18.6 Å². The molecule has 2 atom stereocenters. The molecule has 20 heavy (non-hydrogen) atoms. The van der Waals surface area contributed by atoms with Crippen molar-refractivity contribution in [1.29, 1.82) is 0 Å². The summed E-state index contributed by atoms with van der Waals surface area (Å²) < 4.78 is 11.3.